The molecule has 10 nitrogen and oxygen atoms in total. The minimum absolute atomic E-state index is 0.119. The van der Waals surface area contributed by atoms with E-state index in [-0.39, 0.29) is 29.4 Å². The summed E-state index contributed by atoms with van der Waals surface area (Å²) < 4.78 is 53.1. The number of nitrogens with two attached hydrogens (primary N) is 1. The number of hydrogen-bond acceptors (Lipinski definition) is 9. The molecule has 3 aliphatic heterocycles. The Morgan fingerprint density at radius 3 is 2.50 bits per heavy atom. The Kier molecular flexibility index (Phi) is 6.92. The summed E-state index contributed by atoms with van der Waals surface area (Å²) in [6, 6.07) is 11.7. The van der Waals surface area contributed by atoms with Crippen LogP contribution in [0, 0.1) is 5.41 Å². The molecule has 3 aliphatic rings. The number of cyclic esters (lactones) is 1. The molecule has 2 aromatic carbocycles. The van der Waals surface area contributed by atoms with E-state index < -0.39 is 30.3 Å². The fourth-order valence-corrected chi connectivity index (χ4v) is 5.94. The highest BCUT2D eigenvalue weighted by molar-refractivity contribution is 5.94. The number of fused-ring (bicyclic) bond motifs is 1. The van der Waals surface area contributed by atoms with E-state index >= 15 is 0 Å². The van der Waals surface area contributed by atoms with Gasteiger partial charge in [0, 0.05) is 36.8 Å². The highest BCUT2D eigenvalue weighted by atomic mass is 19.4. The van der Waals surface area contributed by atoms with Crippen molar-refractivity contribution in [1.29, 1.82) is 0 Å². The molecule has 220 valence electrons. The molecule has 0 radical (unpaired) electrons. The van der Waals surface area contributed by atoms with Gasteiger partial charge in [0.2, 0.25) is 17.9 Å². The van der Waals surface area contributed by atoms with Gasteiger partial charge < -0.3 is 30.5 Å². The number of nitrogens with one attached hydrogen (secondary N) is 1. The number of piperidine rings is 1. The first-order valence-corrected chi connectivity index (χ1v) is 13.5. The van der Waals surface area contributed by atoms with Crippen molar-refractivity contribution in [2.75, 3.05) is 30.3 Å². The monoisotopic (exact) mass is 583 g/mol. The summed E-state index contributed by atoms with van der Waals surface area (Å²) in [7, 11) is 0. The minimum Gasteiger partial charge on any atom is -0.480 e. The van der Waals surface area contributed by atoms with Gasteiger partial charge in [-0.25, -0.2) is 4.79 Å². The second-order valence-electron chi connectivity index (χ2n) is 11.0. The fourth-order valence-electron chi connectivity index (χ4n) is 5.94. The van der Waals surface area contributed by atoms with Crippen molar-refractivity contribution >= 4 is 23.7 Å². The van der Waals surface area contributed by atoms with Gasteiger partial charge in [-0.1, -0.05) is 30.3 Å². The maximum absolute atomic E-state index is 14.2. The maximum atomic E-state index is 14.2. The van der Waals surface area contributed by atoms with Crippen molar-refractivity contribution in [3.8, 4) is 17.0 Å². The number of carbonyl (C=O) groups is 2. The van der Waals surface area contributed by atoms with E-state index in [2.05, 4.69) is 15.3 Å². The molecule has 2 fully saturated rings. The zero-order valence-corrected chi connectivity index (χ0v) is 22.4. The molecule has 0 aliphatic carbocycles. The number of hydrogen-bond donors (Lipinski definition) is 3. The lowest BCUT2D eigenvalue weighted by molar-refractivity contribution is -0.198. The molecule has 2 saturated heterocycles. The molecule has 4 heterocycles. The van der Waals surface area contributed by atoms with Crippen LogP contribution >= 0.6 is 0 Å². The molecular weight excluding hydrogens is 555 g/mol. The Morgan fingerprint density at radius 2 is 1.83 bits per heavy atom. The molecule has 1 spiro atoms. The Labute approximate surface area is 238 Å². The summed E-state index contributed by atoms with van der Waals surface area (Å²) in [6.07, 6.45) is -5.12. The van der Waals surface area contributed by atoms with Crippen LogP contribution in [-0.4, -0.2) is 58.9 Å². The smallest absolute Gasteiger partial charge is 0.429 e. The molecule has 6 rings (SSSR count). The number of anilines is 2. The van der Waals surface area contributed by atoms with Crippen molar-refractivity contribution in [1.82, 2.24) is 15.3 Å². The number of carboxylic acid groups (broad SMARTS) is 1. The van der Waals surface area contributed by atoms with E-state index in [1.165, 1.54) is 18.2 Å². The SMILES string of the molecule is Nc1nc(OC(c2ccc(-c3ccc4c(c3)COC4=O)cc2)C(F)(F)F)cc(N2CCC3(CC2)CN[C@H](C(=O)O)C3)n1. The van der Waals surface area contributed by atoms with E-state index in [0.29, 0.717) is 55.8 Å². The lowest BCUT2D eigenvalue weighted by Gasteiger charge is -2.39. The van der Waals surface area contributed by atoms with Gasteiger partial charge in [-0.05, 0) is 47.9 Å². The highest BCUT2D eigenvalue weighted by Gasteiger charge is 2.45. The Hall–Kier alpha value is -4.39. The summed E-state index contributed by atoms with van der Waals surface area (Å²) in [5.74, 6) is -1.43. The van der Waals surface area contributed by atoms with Gasteiger partial charge >= 0.3 is 18.1 Å². The van der Waals surface area contributed by atoms with Crippen LogP contribution in [0.25, 0.3) is 11.1 Å². The predicted octanol–water partition coefficient (Wildman–Crippen LogP) is 4.11. The number of aliphatic carboxylic acids is 1. The number of halogens is 3. The van der Waals surface area contributed by atoms with Crippen LogP contribution in [0.1, 0.15) is 46.9 Å². The third kappa shape index (κ3) is 5.43. The lowest BCUT2D eigenvalue weighted by atomic mass is 9.76. The van der Waals surface area contributed by atoms with Crippen LogP contribution in [0.4, 0.5) is 24.9 Å². The quantitative estimate of drug-likeness (QED) is 0.363. The predicted molar refractivity (Wildman–Crippen MR) is 145 cm³/mol. The topological polar surface area (TPSA) is 140 Å². The first-order valence-electron chi connectivity index (χ1n) is 13.5. The lowest BCUT2D eigenvalue weighted by Crippen LogP contribution is -2.41. The number of esters is 1. The van der Waals surface area contributed by atoms with Crippen LogP contribution in [0.5, 0.6) is 5.88 Å². The molecule has 1 unspecified atom stereocenters. The van der Waals surface area contributed by atoms with Crippen LogP contribution in [0.2, 0.25) is 0 Å². The standard InChI is InChI=1S/C29H28F3N5O5/c30-29(31,32)24(17-3-1-16(2-4-17)18-5-6-20-19(11-18)14-41-26(20)40)42-23-12-22(35-27(33)36-23)37-9-7-28(8-10-37)13-21(25(38)39)34-15-28/h1-6,11-12,21,24,34H,7-10,13-15H2,(H,38,39)(H2,33,35,36)/t21-,24?/m0/s1. The average molecular weight is 584 g/mol. The summed E-state index contributed by atoms with van der Waals surface area (Å²) in [5.41, 5.74) is 8.23. The Balaban J connectivity index is 1.18. The van der Waals surface area contributed by atoms with Crippen LogP contribution < -0.4 is 20.7 Å². The molecule has 3 aromatic rings. The number of carboxylic acids is 1. The van der Waals surface area contributed by atoms with Crippen LogP contribution in [0.15, 0.2) is 48.5 Å². The summed E-state index contributed by atoms with van der Waals surface area (Å²) in [5, 5.41) is 12.4. The maximum Gasteiger partial charge on any atom is 0.429 e. The number of carbonyl (C=O) groups excluding carboxylic acids is 1. The van der Waals surface area contributed by atoms with Gasteiger partial charge in [-0.3, -0.25) is 4.79 Å². The second-order valence-corrected chi connectivity index (χ2v) is 11.0. The summed E-state index contributed by atoms with van der Waals surface area (Å²) in [4.78, 5) is 33.1. The number of benzene rings is 2. The molecular formula is C29H28F3N5O5. The van der Waals surface area contributed by atoms with Gasteiger partial charge in [0.05, 0.1) is 5.56 Å². The molecule has 13 heteroatoms. The third-order valence-corrected chi connectivity index (χ3v) is 8.28. The number of nitrogen functional groups attached to an aromatic ring is 1. The second kappa shape index (κ2) is 10.5. The van der Waals surface area contributed by atoms with E-state index in [0.717, 1.165) is 11.1 Å². The van der Waals surface area contributed by atoms with Crippen molar-refractivity contribution in [2.45, 2.75) is 44.2 Å². The normalized spacial score (nSPS) is 20.3. The van der Waals surface area contributed by atoms with Crippen molar-refractivity contribution in [3.63, 3.8) is 0 Å². The Bertz CT molecular complexity index is 1520. The molecule has 42 heavy (non-hydrogen) atoms. The van der Waals surface area contributed by atoms with Crippen molar-refractivity contribution in [2.24, 2.45) is 5.41 Å². The van der Waals surface area contributed by atoms with E-state index in [1.54, 1.807) is 30.3 Å². The molecule has 0 saturated carbocycles. The zero-order chi connectivity index (χ0) is 29.6. The highest BCUT2D eigenvalue weighted by Crippen LogP contribution is 2.41. The first kappa shape index (κ1) is 27.8. The van der Waals surface area contributed by atoms with Gasteiger partial charge in [0.15, 0.2) is 0 Å². The minimum atomic E-state index is -4.75. The van der Waals surface area contributed by atoms with Gasteiger partial charge in [-0.15, -0.1) is 0 Å². The molecule has 1 aromatic heterocycles. The first-order chi connectivity index (χ1) is 20.0. The van der Waals surface area contributed by atoms with Crippen LogP contribution in [-0.2, 0) is 16.1 Å². The number of ether oxygens (including phenoxy) is 2. The van der Waals surface area contributed by atoms with E-state index in [4.69, 9.17) is 15.2 Å². The van der Waals surface area contributed by atoms with Gasteiger partial charge in [0.25, 0.3) is 0 Å². The number of rotatable bonds is 6. The number of nitrogens with zero attached hydrogens (tertiary/aromatic N) is 3. The molecule has 2 atom stereocenters. The molecule has 0 bridgehead atoms. The van der Waals surface area contributed by atoms with Crippen LogP contribution in [0.3, 0.4) is 0 Å². The van der Waals surface area contributed by atoms with E-state index in [9.17, 15) is 27.9 Å². The van der Waals surface area contributed by atoms with Crippen molar-refractivity contribution < 1.29 is 37.3 Å². The summed E-state index contributed by atoms with van der Waals surface area (Å²) in [6.45, 7) is 1.84. The van der Waals surface area contributed by atoms with Gasteiger partial charge in [0.1, 0.15) is 18.5 Å². The van der Waals surface area contributed by atoms with E-state index in [1.807, 2.05) is 4.90 Å². The fraction of sp³-hybridized carbons (Fsp3) is 0.379. The number of alkyl halides is 3. The molecule has 4 N–H and O–H groups in total. The zero-order valence-electron chi connectivity index (χ0n) is 22.4. The van der Waals surface area contributed by atoms with Crippen molar-refractivity contribution in [3.05, 3.63) is 65.2 Å². The summed E-state index contributed by atoms with van der Waals surface area (Å²) >= 11 is 0. The number of aromatic nitrogens is 2. The third-order valence-electron chi connectivity index (χ3n) is 8.28. The van der Waals surface area contributed by atoms with Gasteiger partial charge in [-0.2, -0.15) is 23.1 Å². The average Bonchev–Trinajstić information content (AvgIpc) is 3.55. The Morgan fingerprint density at radius 1 is 1.12 bits per heavy atom. The molecule has 0 amide bonds. The largest absolute Gasteiger partial charge is 0.480 e.